The molecule has 0 heterocycles. The second kappa shape index (κ2) is 3.86. The highest BCUT2D eigenvalue weighted by atomic mass is 14.3. The Bertz CT molecular complexity index is 203. The average molecular weight is 180 g/mol. The van der Waals surface area contributed by atoms with Crippen molar-refractivity contribution in [2.24, 2.45) is 11.3 Å². The number of allylic oxidation sites excluding steroid dienone is 2. The molecule has 1 aliphatic rings. The van der Waals surface area contributed by atoms with Crippen molar-refractivity contribution in [3.8, 4) is 0 Å². The Kier molecular flexibility index (Phi) is 3.21. The monoisotopic (exact) mass is 180 g/mol. The molecule has 0 N–H and O–H groups in total. The van der Waals surface area contributed by atoms with Gasteiger partial charge in [-0.15, -0.1) is 0 Å². The van der Waals surface area contributed by atoms with Crippen molar-refractivity contribution in [1.29, 1.82) is 0 Å². The minimum absolute atomic E-state index is 0.403. The van der Waals surface area contributed by atoms with Crippen LogP contribution in [0.2, 0.25) is 0 Å². The van der Waals surface area contributed by atoms with Crippen molar-refractivity contribution < 1.29 is 0 Å². The molecule has 0 unspecified atom stereocenters. The molecule has 0 heteroatoms. The third-order valence-electron chi connectivity index (χ3n) is 3.33. The van der Waals surface area contributed by atoms with E-state index in [1.54, 1.807) is 11.1 Å². The molecule has 1 aliphatic carbocycles. The molecule has 0 aliphatic heterocycles. The zero-order valence-electron chi connectivity index (χ0n) is 9.91. The molecule has 0 radical (unpaired) electrons. The van der Waals surface area contributed by atoms with E-state index in [1.165, 1.54) is 25.7 Å². The molecule has 0 aromatic rings. The Morgan fingerprint density at radius 2 is 1.92 bits per heavy atom. The summed E-state index contributed by atoms with van der Waals surface area (Å²) in [7, 11) is 0. The predicted octanol–water partition coefficient (Wildman–Crippen LogP) is 4.56. The normalized spacial score (nSPS) is 25.2. The summed E-state index contributed by atoms with van der Waals surface area (Å²) in [6.07, 6.45) is 5.41. The van der Waals surface area contributed by atoms with Gasteiger partial charge in [0.05, 0.1) is 0 Å². The Labute approximate surface area is 83.4 Å². The van der Waals surface area contributed by atoms with Gasteiger partial charge in [0.25, 0.3) is 0 Å². The van der Waals surface area contributed by atoms with Gasteiger partial charge in [0, 0.05) is 0 Å². The second-order valence-corrected chi connectivity index (χ2v) is 5.40. The fourth-order valence-electron chi connectivity index (χ4n) is 2.64. The summed E-state index contributed by atoms with van der Waals surface area (Å²) >= 11 is 0. The van der Waals surface area contributed by atoms with E-state index in [2.05, 4.69) is 34.6 Å². The van der Waals surface area contributed by atoms with Gasteiger partial charge in [0.15, 0.2) is 0 Å². The van der Waals surface area contributed by atoms with Crippen LogP contribution >= 0.6 is 0 Å². The largest absolute Gasteiger partial charge is 0.0679 e. The van der Waals surface area contributed by atoms with E-state index in [1.807, 2.05) is 0 Å². The zero-order valence-corrected chi connectivity index (χ0v) is 9.91. The summed E-state index contributed by atoms with van der Waals surface area (Å²) in [5, 5.41) is 0. The third-order valence-corrected chi connectivity index (χ3v) is 3.33. The minimum Gasteiger partial charge on any atom is -0.0679 e. The molecule has 0 nitrogen and oxygen atoms in total. The van der Waals surface area contributed by atoms with Crippen LogP contribution in [0.5, 0.6) is 0 Å². The highest BCUT2D eigenvalue weighted by Crippen LogP contribution is 2.40. The maximum atomic E-state index is 2.39. The first-order chi connectivity index (χ1) is 5.96. The van der Waals surface area contributed by atoms with E-state index in [4.69, 9.17) is 0 Å². The topological polar surface area (TPSA) is 0 Å². The van der Waals surface area contributed by atoms with E-state index >= 15 is 0 Å². The lowest BCUT2D eigenvalue weighted by Crippen LogP contribution is -2.19. The summed E-state index contributed by atoms with van der Waals surface area (Å²) in [6, 6.07) is 0. The summed E-state index contributed by atoms with van der Waals surface area (Å²) in [5.41, 5.74) is 3.90. The zero-order chi connectivity index (χ0) is 10.1. The summed E-state index contributed by atoms with van der Waals surface area (Å²) in [4.78, 5) is 0. The van der Waals surface area contributed by atoms with E-state index in [9.17, 15) is 0 Å². The average Bonchev–Trinajstić information content (AvgIpc) is 2.02. The highest BCUT2D eigenvalue weighted by molar-refractivity contribution is 5.24. The SMILES string of the molecule is CCC1=C(C(C)(C)C)CCC[C@@H]1C. The molecule has 0 bridgehead atoms. The van der Waals surface area contributed by atoms with Crippen LogP contribution in [0.15, 0.2) is 11.1 Å². The first kappa shape index (κ1) is 10.8. The summed E-state index contributed by atoms with van der Waals surface area (Å²) < 4.78 is 0. The van der Waals surface area contributed by atoms with Gasteiger partial charge in [-0.2, -0.15) is 0 Å². The standard InChI is InChI=1S/C13H24/c1-6-11-10(2)8-7-9-12(11)13(3,4)5/h10H,6-9H2,1-5H3/t10-/m0/s1. The summed E-state index contributed by atoms with van der Waals surface area (Å²) in [6.45, 7) is 11.8. The molecular formula is C13H24. The Hall–Kier alpha value is -0.260. The van der Waals surface area contributed by atoms with Crippen molar-refractivity contribution >= 4 is 0 Å². The lowest BCUT2D eigenvalue weighted by atomic mass is 9.72. The molecule has 0 fully saturated rings. The van der Waals surface area contributed by atoms with Gasteiger partial charge < -0.3 is 0 Å². The first-order valence-electron chi connectivity index (χ1n) is 5.69. The maximum Gasteiger partial charge on any atom is -0.0170 e. The lowest BCUT2D eigenvalue weighted by Gasteiger charge is -2.33. The summed E-state index contributed by atoms with van der Waals surface area (Å²) in [5.74, 6) is 0.841. The van der Waals surface area contributed by atoms with Gasteiger partial charge in [-0.1, -0.05) is 45.8 Å². The van der Waals surface area contributed by atoms with Crippen LogP contribution in [0.1, 0.15) is 60.3 Å². The molecule has 0 amide bonds. The van der Waals surface area contributed by atoms with Crippen LogP contribution in [-0.2, 0) is 0 Å². The maximum absolute atomic E-state index is 2.39. The van der Waals surface area contributed by atoms with Gasteiger partial charge in [0.2, 0.25) is 0 Å². The molecule has 1 rings (SSSR count). The van der Waals surface area contributed by atoms with Crippen LogP contribution < -0.4 is 0 Å². The van der Waals surface area contributed by atoms with Crippen LogP contribution in [0, 0.1) is 11.3 Å². The van der Waals surface area contributed by atoms with Crippen molar-refractivity contribution in [2.75, 3.05) is 0 Å². The molecule has 0 aromatic carbocycles. The fourth-order valence-corrected chi connectivity index (χ4v) is 2.64. The van der Waals surface area contributed by atoms with Gasteiger partial charge in [-0.05, 0) is 37.0 Å². The number of hydrogen-bond donors (Lipinski definition) is 0. The Morgan fingerprint density at radius 1 is 1.31 bits per heavy atom. The van der Waals surface area contributed by atoms with E-state index in [0.717, 1.165) is 5.92 Å². The molecule has 1 atom stereocenters. The Morgan fingerprint density at radius 3 is 2.31 bits per heavy atom. The second-order valence-electron chi connectivity index (χ2n) is 5.40. The van der Waals surface area contributed by atoms with Gasteiger partial charge >= 0.3 is 0 Å². The molecule has 0 spiro atoms. The third kappa shape index (κ3) is 2.36. The van der Waals surface area contributed by atoms with E-state index in [0.29, 0.717) is 5.41 Å². The van der Waals surface area contributed by atoms with Crippen LogP contribution in [0.3, 0.4) is 0 Å². The van der Waals surface area contributed by atoms with Gasteiger partial charge in [-0.25, -0.2) is 0 Å². The highest BCUT2D eigenvalue weighted by Gasteiger charge is 2.25. The molecule has 0 saturated heterocycles. The van der Waals surface area contributed by atoms with Crippen molar-refractivity contribution in [3.05, 3.63) is 11.1 Å². The molecule has 13 heavy (non-hydrogen) atoms. The fraction of sp³-hybridized carbons (Fsp3) is 0.846. The number of rotatable bonds is 1. The van der Waals surface area contributed by atoms with Crippen LogP contribution in [0.4, 0.5) is 0 Å². The Balaban J connectivity index is 3.00. The van der Waals surface area contributed by atoms with E-state index < -0.39 is 0 Å². The smallest absolute Gasteiger partial charge is 0.0170 e. The van der Waals surface area contributed by atoms with Crippen LogP contribution in [-0.4, -0.2) is 0 Å². The van der Waals surface area contributed by atoms with Gasteiger partial charge in [0.1, 0.15) is 0 Å². The van der Waals surface area contributed by atoms with E-state index in [-0.39, 0.29) is 0 Å². The quantitative estimate of drug-likeness (QED) is 0.519. The minimum atomic E-state index is 0.403. The number of hydrogen-bond acceptors (Lipinski definition) is 0. The first-order valence-corrected chi connectivity index (χ1v) is 5.69. The lowest BCUT2D eigenvalue weighted by molar-refractivity contribution is 0.413. The predicted molar refractivity (Wildman–Crippen MR) is 59.8 cm³/mol. The molecular weight excluding hydrogens is 156 g/mol. The van der Waals surface area contributed by atoms with Gasteiger partial charge in [-0.3, -0.25) is 0 Å². The van der Waals surface area contributed by atoms with Crippen molar-refractivity contribution in [2.45, 2.75) is 60.3 Å². The molecule has 76 valence electrons. The molecule has 0 saturated carbocycles. The van der Waals surface area contributed by atoms with Crippen molar-refractivity contribution in [3.63, 3.8) is 0 Å². The van der Waals surface area contributed by atoms with Crippen LogP contribution in [0.25, 0.3) is 0 Å². The molecule has 0 aromatic heterocycles. The van der Waals surface area contributed by atoms with Crippen molar-refractivity contribution in [1.82, 2.24) is 0 Å².